The predicted octanol–water partition coefficient (Wildman–Crippen LogP) is 1.30. The topological polar surface area (TPSA) is 74.3 Å². The molecule has 5 nitrogen and oxygen atoms in total. The third-order valence-corrected chi connectivity index (χ3v) is 2.80. The zero-order chi connectivity index (χ0) is 13.5. The molecule has 0 saturated carbocycles. The number of nitrogens with one attached hydrogen (secondary N) is 2. The number of H-pyrrole nitrogens is 1. The molecule has 0 bridgehead atoms. The van der Waals surface area contributed by atoms with Gasteiger partial charge in [0.1, 0.15) is 0 Å². The number of rotatable bonds is 7. The summed E-state index contributed by atoms with van der Waals surface area (Å²) in [6.45, 7) is 1.48. The second-order valence-corrected chi connectivity index (χ2v) is 4.23. The lowest BCUT2D eigenvalue weighted by Crippen LogP contribution is -2.25. The molecular formula is C14H18N2O3. The SMILES string of the molecule is O=C(NCCCOCCO)c1ccc2[nH]ccc2c1. The number of aromatic nitrogens is 1. The van der Waals surface area contributed by atoms with Gasteiger partial charge in [0.05, 0.1) is 13.2 Å². The maximum absolute atomic E-state index is 11.9. The summed E-state index contributed by atoms with van der Waals surface area (Å²) in [5, 5.41) is 12.4. The third-order valence-electron chi connectivity index (χ3n) is 2.80. The molecule has 1 aromatic heterocycles. The van der Waals surface area contributed by atoms with Crippen molar-refractivity contribution in [1.29, 1.82) is 0 Å². The lowest BCUT2D eigenvalue weighted by Gasteiger charge is -2.06. The Morgan fingerprint density at radius 3 is 3.05 bits per heavy atom. The maximum Gasteiger partial charge on any atom is 0.251 e. The fourth-order valence-electron chi connectivity index (χ4n) is 1.84. The normalized spacial score (nSPS) is 10.8. The smallest absolute Gasteiger partial charge is 0.251 e. The lowest BCUT2D eigenvalue weighted by molar-refractivity contribution is 0.0867. The number of aliphatic hydroxyl groups is 1. The van der Waals surface area contributed by atoms with Gasteiger partial charge in [0, 0.05) is 35.8 Å². The summed E-state index contributed by atoms with van der Waals surface area (Å²) in [5.74, 6) is -0.0785. The first-order valence-electron chi connectivity index (χ1n) is 6.35. The van der Waals surface area contributed by atoms with E-state index in [0.29, 0.717) is 25.3 Å². The summed E-state index contributed by atoms with van der Waals surface area (Å²) in [6.07, 6.45) is 2.59. The van der Waals surface area contributed by atoms with Crippen LogP contribution in [-0.4, -0.2) is 42.4 Å². The lowest BCUT2D eigenvalue weighted by atomic mass is 10.1. The van der Waals surface area contributed by atoms with Crippen molar-refractivity contribution in [2.24, 2.45) is 0 Å². The summed E-state index contributed by atoms with van der Waals surface area (Å²) in [7, 11) is 0. The van der Waals surface area contributed by atoms with Gasteiger partial charge in [0.15, 0.2) is 0 Å². The minimum atomic E-state index is -0.0785. The van der Waals surface area contributed by atoms with Gasteiger partial charge >= 0.3 is 0 Å². The van der Waals surface area contributed by atoms with E-state index in [1.807, 2.05) is 24.4 Å². The van der Waals surface area contributed by atoms with Crippen LogP contribution in [0, 0.1) is 0 Å². The molecule has 0 aliphatic carbocycles. The molecule has 0 radical (unpaired) electrons. The van der Waals surface area contributed by atoms with Crippen LogP contribution in [0.2, 0.25) is 0 Å². The fraction of sp³-hybridized carbons (Fsp3) is 0.357. The van der Waals surface area contributed by atoms with Crippen LogP contribution in [0.4, 0.5) is 0 Å². The molecule has 19 heavy (non-hydrogen) atoms. The van der Waals surface area contributed by atoms with Crippen LogP contribution in [0.1, 0.15) is 16.8 Å². The van der Waals surface area contributed by atoms with Crippen molar-refractivity contribution in [3.63, 3.8) is 0 Å². The highest BCUT2D eigenvalue weighted by Crippen LogP contribution is 2.14. The van der Waals surface area contributed by atoms with Crippen molar-refractivity contribution >= 4 is 16.8 Å². The average molecular weight is 262 g/mol. The summed E-state index contributed by atoms with van der Waals surface area (Å²) in [5.41, 5.74) is 1.68. The largest absolute Gasteiger partial charge is 0.394 e. The number of amides is 1. The van der Waals surface area contributed by atoms with Gasteiger partial charge in [-0.05, 0) is 30.7 Å². The number of aromatic amines is 1. The predicted molar refractivity (Wildman–Crippen MR) is 73.2 cm³/mol. The molecule has 2 aromatic rings. The molecule has 0 spiro atoms. The molecule has 0 aliphatic heterocycles. The number of ether oxygens (including phenoxy) is 1. The molecule has 5 heteroatoms. The van der Waals surface area contributed by atoms with Gasteiger partial charge in [-0.25, -0.2) is 0 Å². The fourth-order valence-corrected chi connectivity index (χ4v) is 1.84. The van der Waals surface area contributed by atoms with Gasteiger partial charge in [-0.1, -0.05) is 0 Å². The van der Waals surface area contributed by atoms with Crippen LogP contribution >= 0.6 is 0 Å². The van der Waals surface area contributed by atoms with Crippen LogP contribution in [0.25, 0.3) is 10.9 Å². The minimum Gasteiger partial charge on any atom is -0.394 e. The van der Waals surface area contributed by atoms with Crippen molar-refractivity contribution < 1.29 is 14.6 Å². The molecule has 0 fully saturated rings. The first kappa shape index (κ1) is 13.6. The van der Waals surface area contributed by atoms with Crippen molar-refractivity contribution in [3.05, 3.63) is 36.0 Å². The van der Waals surface area contributed by atoms with Gasteiger partial charge in [-0.15, -0.1) is 0 Å². The number of fused-ring (bicyclic) bond motifs is 1. The van der Waals surface area contributed by atoms with Gasteiger partial charge < -0.3 is 20.1 Å². The van der Waals surface area contributed by atoms with Gasteiger partial charge in [0.2, 0.25) is 0 Å². The maximum atomic E-state index is 11.9. The van der Waals surface area contributed by atoms with Crippen LogP contribution in [-0.2, 0) is 4.74 Å². The summed E-state index contributed by atoms with van der Waals surface area (Å²) < 4.78 is 5.11. The molecule has 0 saturated heterocycles. The van der Waals surface area contributed by atoms with E-state index >= 15 is 0 Å². The van der Waals surface area contributed by atoms with Crippen LogP contribution in [0.3, 0.4) is 0 Å². The Morgan fingerprint density at radius 1 is 1.32 bits per heavy atom. The highest BCUT2D eigenvalue weighted by atomic mass is 16.5. The second kappa shape index (κ2) is 6.92. The Bertz CT molecular complexity index is 536. The zero-order valence-electron chi connectivity index (χ0n) is 10.7. The number of hydrogen-bond donors (Lipinski definition) is 3. The number of hydrogen-bond acceptors (Lipinski definition) is 3. The Labute approximate surface area is 111 Å². The Kier molecular flexibility index (Phi) is 4.94. The summed E-state index contributed by atoms with van der Waals surface area (Å²) in [6, 6.07) is 7.50. The van der Waals surface area contributed by atoms with E-state index in [-0.39, 0.29) is 12.5 Å². The molecular weight excluding hydrogens is 244 g/mol. The van der Waals surface area contributed by atoms with Crippen molar-refractivity contribution in [2.45, 2.75) is 6.42 Å². The quantitative estimate of drug-likeness (QED) is 0.658. The van der Waals surface area contributed by atoms with Crippen molar-refractivity contribution in [1.82, 2.24) is 10.3 Å². The van der Waals surface area contributed by atoms with Crippen LogP contribution in [0.5, 0.6) is 0 Å². The van der Waals surface area contributed by atoms with Gasteiger partial charge in [-0.2, -0.15) is 0 Å². The standard InChI is InChI=1S/C14H18N2O3/c17-7-9-19-8-1-5-16-14(18)12-2-3-13-11(10-12)4-6-15-13/h2-4,6,10,15,17H,1,5,7-9H2,(H,16,18). The third kappa shape index (κ3) is 3.81. The average Bonchev–Trinajstić information content (AvgIpc) is 2.89. The second-order valence-electron chi connectivity index (χ2n) is 4.23. The molecule has 3 N–H and O–H groups in total. The van der Waals surface area contributed by atoms with E-state index in [9.17, 15) is 4.79 Å². The van der Waals surface area contributed by atoms with E-state index in [0.717, 1.165) is 17.3 Å². The Balaban J connectivity index is 1.79. The van der Waals surface area contributed by atoms with Crippen LogP contribution < -0.4 is 5.32 Å². The molecule has 0 aliphatic rings. The van der Waals surface area contributed by atoms with E-state index in [1.54, 1.807) is 6.07 Å². The number of benzene rings is 1. The number of aliphatic hydroxyl groups excluding tert-OH is 1. The minimum absolute atomic E-state index is 0.0308. The monoisotopic (exact) mass is 262 g/mol. The van der Waals surface area contributed by atoms with E-state index in [1.165, 1.54) is 0 Å². The zero-order valence-corrected chi connectivity index (χ0v) is 10.7. The Hall–Kier alpha value is -1.85. The highest BCUT2D eigenvalue weighted by molar-refractivity contribution is 5.98. The van der Waals surface area contributed by atoms with E-state index < -0.39 is 0 Å². The van der Waals surface area contributed by atoms with Gasteiger partial charge in [0.25, 0.3) is 5.91 Å². The molecule has 1 aromatic carbocycles. The number of carbonyl (C=O) groups excluding carboxylic acids is 1. The Morgan fingerprint density at radius 2 is 2.21 bits per heavy atom. The molecule has 0 unspecified atom stereocenters. The first-order chi connectivity index (χ1) is 9.31. The summed E-state index contributed by atoms with van der Waals surface area (Å²) in [4.78, 5) is 15.0. The van der Waals surface area contributed by atoms with Gasteiger partial charge in [-0.3, -0.25) is 4.79 Å². The summed E-state index contributed by atoms with van der Waals surface area (Å²) >= 11 is 0. The molecule has 1 heterocycles. The molecule has 0 atom stereocenters. The van der Waals surface area contributed by atoms with Crippen molar-refractivity contribution in [2.75, 3.05) is 26.4 Å². The molecule has 2 rings (SSSR count). The molecule has 1 amide bonds. The van der Waals surface area contributed by atoms with E-state index in [2.05, 4.69) is 10.3 Å². The molecule has 102 valence electrons. The highest BCUT2D eigenvalue weighted by Gasteiger charge is 2.05. The van der Waals surface area contributed by atoms with Crippen LogP contribution in [0.15, 0.2) is 30.5 Å². The van der Waals surface area contributed by atoms with E-state index in [4.69, 9.17) is 9.84 Å². The number of carbonyl (C=O) groups is 1. The van der Waals surface area contributed by atoms with Crippen molar-refractivity contribution in [3.8, 4) is 0 Å². The first-order valence-corrected chi connectivity index (χ1v) is 6.35.